The van der Waals surface area contributed by atoms with Gasteiger partial charge in [0, 0.05) is 44.2 Å². The highest BCUT2D eigenvalue weighted by atomic mass is 19.1. The summed E-state index contributed by atoms with van der Waals surface area (Å²) in [7, 11) is 0. The number of carbonyl (C=O) groups excluding carboxylic acids is 2. The number of nitrogens with two attached hydrogens (primary N) is 1. The first-order valence-electron chi connectivity index (χ1n) is 11.2. The summed E-state index contributed by atoms with van der Waals surface area (Å²) in [6.07, 6.45) is 0.255. The van der Waals surface area contributed by atoms with Gasteiger partial charge >= 0.3 is 6.03 Å². The largest absolute Gasteiger partial charge is 0.351 e. The fraction of sp³-hybridized carbons (Fsp3) is 0.240. The first kappa shape index (κ1) is 25.1. The molecule has 0 spiro atoms. The van der Waals surface area contributed by atoms with Gasteiger partial charge in [-0.1, -0.05) is 12.1 Å². The van der Waals surface area contributed by atoms with E-state index in [2.05, 4.69) is 10.3 Å². The Bertz CT molecular complexity index is 1280. The van der Waals surface area contributed by atoms with Crippen LogP contribution in [-0.2, 0) is 11.2 Å². The quantitative estimate of drug-likeness (QED) is 0.502. The smallest absolute Gasteiger partial charge is 0.325 e. The number of nitrogens with one attached hydrogen (secondary N) is 1. The molecule has 7 nitrogen and oxygen atoms in total. The van der Waals surface area contributed by atoms with Crippen LogP contribution in [0.4, 0.5) is 33.9 Å². The van der Waals surface area contributed by atoms with Crippen molar-refractivity contribution in [1.82, 2.24) is 15.2 Å². The van der Waals surface area contributed by atoms with Crippen LogP contribution in [0.5, 0.6) is 0 Å². The third-order valence-corrected chi connectivity index (χ3v) is 5.84. The van der Waals surface area contributed by atoms with Gasteiger partial charge < -0.3 is 16.0 Å². The third kappa shape index (κ3) is 5.30. The van der Waals surface area contributed by atoms with Gasteiger partial charge in [0.25, 0.3) is 0 Å². The van der Waals surface area contributed by atoms with Crippen molar-refractivity contribution < 1.29 is 27.2 Å². The van der Waals surface area contributed by atoms with Gasteiger partial charge in [-0.25, -0.2) is 32.2 Å². The molecule has 0 atom stereocenters. The molecule has 0 bridgehead atoms. The number of para-hydroxylation sites is 1. The summed E-state index contributed by atoms with van der Waals surface area (Å²) in [5, 5.41) is 3.16. The fourth-order valence-corrected chi connectivity index (χ4v) is 4.07. The number of aromatic nitrogens is 1. The summed E-state index contributed by atoms with van der Waals surface area (Å²) in [6, 6.07) is 7.43. The molecule has 1 aromatic heterocycles. The Morgan fingerprint density at radius 1 is 0.972 bits per heavy atom. The second kappa shape index (κ2) is 10.7. The van der Waals surface area contributed by atoms with E-state index in [9.17, 15) is 27.2 Å². The Morgan fingerprint density at radius 3 is 2.31 bits per heavy atom. The molecular weight excluding hydrogens is 478 g/mol. The Balaban J connectivity index is 1.76. The molecule has 11 heteroatoms. The highest BCUT2D eigenvalue weighted by Crippen LogP contribution is 2.33. The number of aryl methyl sites for hydroxylation is 1. The first-order chi connectivity index (χ1) is 17.3. The summed E-state index contributed by atoms with van der Waals surface area (Å²) < 4.78 is 57.3. The van der Waals surface area contributed by atoms with Crippen molar-refractivity contribution in [2.75, 3.05) is 31.1 Å². The molecule has 1 aliphatic rings. The van der Waals surface area contributed by atoms with Crippen molar-refractivity contribution in [2.24, 2.45) is 5.73 Å². The lowest BCUT2D eigenvalue weighted by Crippen LogP contribution is -2.46. The number of halogens is 4. The van der Waals surface area contributed by atoms with Gasteiger partial charge in [-0.05, 0) is 42.3 Å². The minimum absolute atomic E-state index is 0.0129. The second-order valence-corrected chi connectivity index (χ2v) is 8.18. The van der Waals surface area contributed by atoms with E-state index in [0.29, 0.717) is 42.7 Å². The summed E-state index contributed by atoms with van der Waals surface area (Å²) in [4.78, 5) is 31.4. The number of amides is 3. The zero-order valence-corrected chi connectivity index (χ0v) is 19.1. The Labute approximate surface area is 204 Å². The van der Waals surface area contributed by atoms with E-state index in [-0.39, 0.29) is 35.8 Å². The van der Waals surface area contributed by atoms with Gasteiger partial charge in [-0.2, -0.15) is 0 Å². The molecule has 3 amide bonds. The number of pyridine rings is 1. The molecule has 36 heavy (non-hydrogen) atoms. The molecule has 3 aromatic rings. The summed E-state index contributed by atoms with van der Waals surface area (Å²) >= 11 is 0. The standard InChI is InChI=1S/C25H23F4N5O2/c26-16-6-7-17(20(29)14-16)23-15(5-9-22(35)33-12-10-31-11-13-33)4-8-21(32-23)34(25(30)36)24-18(27)2-1-3-19(24)28/h1-4,6-8,14,31H,5,9-13H2,(H2,30,36). The normalized spacial score (nSPS) is 13.5. The number of hydrogen-bond acceptors (Lipinski definition) is 4. The molecular formula is C25H23F4N5O2. The molecule has 0 saturated carbocycles. The lowest BCUT2D eigenvalue weighted by Gasteiger charge is -2.27. The number of hydrogen-bond donors (Lipinski definition) is 2. The molecule has 0 radical (unpaired) electrons. The zero-order chi connectivity index (χ0) is 25.8. The van der Waals surface area contributed by atoms with Crippen LogP contribution in [0.3, 0.4) is 0 Å². The molecule has 1 saturated heterocycles. The van der Waals surface area contributed by atoms with Crippen LogP contribution in [0, 0.1) is 23.3 Å². The SMILES string of the molecule is NC(=O)N(c1ccc(CCC(=O)N2CCNCC2)c(-c2ccc(F)cc2F)n1)c1c(F)cccc1F. The molecule has 1 aliphatic heterocycles. The fourth-order valence-electron chi connectivity index (χ4n) is 4.07. The van der Waals surface area contributed by atoms with Gasteiger partial charge in [0.05, 0.1) is 5.69 Å². The van der Waals surface area contributed by atoms with Gasteiger partial charge in [0.1, 0.15) is 34.8 Å². The molecule has 2 aromatic carbocycles. The van der Waals surface area contributed by atoms with Gasteiger partial charge in [0.2, 0.25) is 5.91 Å². The number of piperazine rings is 1. The second-order valence-electron chi connectivity index (χ2n) is 8.18. The van der Waals surface area contributed by atoms with Crippen molar-refractivity contribution in [3.05, 3.63) is 77.4 Å². The molecule has 0 unspecified atom stereocenters. The molecule has 4 rings (SSSR count). The van der Waals surface area contributed by atoms with Crippen molar-refractivity contribution in [3.8, 4) is 11.3 Å². The lowest BCUT2D eigenvalue weighted by atomic mass is 10.0. The van der Waals surface area contributed by atoms with E-state index in [1.54, 1.807) is 4.90 Å². The van der Waals surface area contributed by atoms with E-state index in [0.717, 1.165) is 30.3 Å². The average Bonchev–Trinajstić information content (AvgIpc) is 2.85. The van der Waals surface area contributed by atoms with Gasteiger partial charge in [-0.3, -0.25) is 4.79 Å². The summed E-state index contributed by atoms with van der Waals surface area (Å²) in [5.74, 6) is -4.24. The molecule has 2 heterocycles. The first-order valence-corrected chi connectivity index (χ1v) is 11.2. The Kier molecular flexibility index (Phi) is 7.49. The lowest BCUT2D eigenvalue weighted by molar-refractivity contribution is -0.131. The number of primary amides is 1. The summed E-state index contributed by atoms with van der Waals surface area (Å²) in [6.45, 7) is 2.50. The predicted molar refractivity (Wildman–Crippen MR) is 125 cm³/mol. The van der Waals surface area contributed by atoms with Crippen LogP contribution in [0.2, 0.25) is 0 Å². The highest BCUT2D eigenvalue weighted by Gasteiger charge is 2.26. The molecule has 0 aliphatic carbocycles. The zero-order valence-electron chi connectivity index (χ0n) is 19.1. The predicted octanol–water partition coefficient (Wildman–Crippen LogP) is 3.89. The van der Waals surface area contributed by atoms with E-state index < -0.39 is 35.0 Å². The third-order valence-electron chi connectivity index (χ3n) is 5.84. The maximum absolute atomic E-state index is 14.8. The van der Waals surface area contributed by atoms with Gasteiger partial charge in [-0.15, -0.1) is 0 Å². The van der Waals surface area contributed by atoms with E-state index in [4.69, 9.17) is 5.73 Å². The number of benzene rings is 2. The number of anilines is 2. The minimum atomic E-state index is -1.22. The topological polar surface area (TPSA) is 91.6 Å². The van der Waals surface area contributed by atoms with Crippen molar-refractivity contribution >= 4 is 23.4 Å². The van der Waals surface area contributed by atoms with Crippen LogP contribution in [0.1, 0.15) is 12.0 Å². The van der Waals surface area contributed by atoms with E-state index in [1.165, 1.54) is 12.1 Å². The van der Waals surface area contributed by atoms with E-state index >= 15 is 0 Å². The minimum Gasteiger partial charge on any atom is -0.351 e. The number of carbonyl (C=O) groups is 2. The average molecular weight is 501 g/mol. The van der Waals surface area contributed by atoms with Crippen LogP contribution in [0.15, 0.2) is 48.5 Å². The maximum Gasteiger partial charge on any atom is 0.325 e. The van der Waals surface area contributed by atoms with E-state index in [1.807, 2.05) is 0 Å². The Morgan fingerprint density at radius 2 is 1.67 bits per heavy atom. The molecule has 1 fully saturated rings. The monoisotopic (exact) mass is 501 g/mol. The summed E-state index contributed by atoms with van der Waals surface area (Å²) in [5.41, 5.74) is 4.98. The Hall–Kier alpha value is -3.99. The number of rotatable bonds is 6. The molecule has 3 N–H and O–H groups in total. The van der Waals surface area contributed by atoms with Crippen LogP contribution >= 0.6 is 0 Å². The van der Waals surface area contributed by atoms with Crippen molar-refractivity contribution in [1.29, 1.82) is 0 Å². The van der Waals surface area contributed by atoms with Crippen LogP contribution in [-0.4, -0.2) is 48.0 Å². The number of nitrogens with zero attached hydrogens (tertiary/aromatic N) is 3. The highest BCUT2D eigenvalue weighted by molar-refractivity contribution is 5.98. The van der Waals surface area contributed by atoms with Crippen molar-refractivity contribution in [3.63, 3.8) is 0 Å². The van der Waals surface area contributed by atoms with Crippen LogP contribution in [0.25, 0.3) is 11.3 Å². The maximum atomic E-state index is 14.8. The van der Waals surface area contributed by atoms with Crippen LogP contribution < -0.4 is 16.0 Å². The number of urea groups is 1. The van der Waals surface area contributed by atoms with Gasteiger partial charge in [0.15, 0.2) is 0 Å². The van der Waals surface area contributed by atoms with Crippen molar-refractivity contribution in [2.45, 2.75) is 12.8 Å². The molecule has 188 valence electrons.